The SMILES string of the molecule is CCc1nc(-c2ccc(C)cc2)oc1CC(C)=O. The first-order valence-corrected chi connectivity index (χ1v) is 6.15. The van der Waals surface area contributed by atoms with Crippen LogP contribution >= 0.6 is 0 Å². The number of aromatic nitrogens is 1. The van der Waals surface area contributed by atoms with E-state index in [0.717, 1.165) is 17.7 Å². The fourth-order valence-electron chi connectivity index (χ4n) is 1.84. The molecule has 94 valence electrons. The Kier molecular flexibility index (Phi) is 3.60. The van der Waals surface area contributed by atoms with Gasteiger partial charge in [0.05, 0.1) is 12.1 Å². The molecule has 3 heteroatoms. The summed E-state index contributed by atoms with van der Waals surface area (Å²) >= 11 is 0. The van der Waals surface area contributed by atoms with Gasteiger partial charge in [-0.3, -0.25) is 4.79 Å². The van der Waals surface area contributed by atoms with E-state index in [1.54, 1.807) is 6.92 Å². The van der Waals surface area contributed by atoms with Gasteiger partial charge >= 0.3 is 0 Å². The molecule has 1 heterocycles. The molecule has 0 saturated carbocycles. The second-order valence-corrected chi connectivity index (χ2v) is 4.49. The first-order valence-electron chi connectivity index (χ1n) is 6.15. The minimum atomic E-state index is 0.0938. The Morgan fingerprint density at radius 1 is 1.28 bits per heavy atom. The first-order chi connectivity index (χ1) is 8.60. The van der Waals surface area contributed by atoms with E-state index in [1.165, 1.54) is 5.56 Å². The van der Waals surface area contributed by atoms with Crippen molar-refractivity contribution in [1.29, 1.82) is 0 Å². The summed E-state index contributed by atoms with van der Waals surface area (Å²) in [6.07, 6.45) is 1.10. The van der Waals surface area contributed by atoms with E-state index in [0.29, 0.717) is 18.1 Å². The number of carbonyl (C=O) groups is 1. The number of aryl methyl sites for hydroxylation is 2. The van der Waals surface area contributed by atoms with Gasteiger partial charge in [-0.05, 0) is 32.4 Å². The topological polar surface area (TPSA) is 43.1 Å². The molecule has 18 heavy (non-hydrogen) atoms. The van der Waals surface area contributed by atoms with Crippen LogP contribution in [0.25, 0.3) is 11.5 Å². The highest BCUT2D eigenvalue weighted by atomic mass is 16.4. The van der Waals surface area contributed by atoms with Crippen molar-refractivity contribution in [2.75, 3.05) is 0 Å². The molecule has 1 aromatic heterocycles. The molecule has 0 saturated heterocycles. The van der Waals surface area contributed by atoms with Gasteiger partial charge in [0.25, 0.3) is 0 Å². The van der Waals surface area contributed by atoms with Crippen LogP contribution in [0.2, 0.25) is 0 Å². The molecule has 0 N–H and O–H groups in total. The Bertz CT molecular complexity index is 552. The number of nitrogens with zero attached hydrogens (tertiary/aromatic N) is 1. The van der Waals surface area contributed by atoms with E-state index >= 15 is 0 Å². The molecule has 0 atom stereocenters. The lowest BCUT2D eigenvalue weighted by molar-refractivity contribution is -0.116. The number of rotatable bonds is 4. The fraction of sp³-hybridized carbons (Fsp3) is 0.333. The van der Waals surface area contributed by atoms with Gasteiger partial charge in [0.2, 0.25) is 5.89 Å². The van der Waals surface area contributed by atoms with Crippen LogP contribution in [-0.4, -0.2) is 10.8 Å². The van der Waals surface area contributed by atoms with E-state index in [2.05, 4.69) is 4.98 Å². The molecular formula is C15H17NO2. The van der Waals surface area contributed by atoms with Crippen LogP contribution in [0.3, 0.4) is 0 Å². The average molecular weight is 243 g/mol. The van der Waals surface area contributed by atoms with E-state index in [1.807, 2.05) is 38.1 Å². The maximum atomic E-state index is 11.2. The van der Waals surface area contributed by atoms with Crippen molar-refractivity contribution in [2.24, 2.45) is 0 Å². The lowest BCUT2D eigenvalue weighted by Gasteiger charge is -1.96. The second kappa shape index (κ2) is 5.17. The number of ketones is 1. The van der Waals surface area contributed by atoms with Gasteiger partial charge in [-0.1, -0.05) is 24.6 Å². The van der Waals surface area contributed by atoms with Crippen LogP contribution < -0.4 is 0 Å². The molecule has 0 fully saturated rings. The number of hydrogen-bond acceptors (Lipinski definition) is 3. The molecule has 2 rings (SSSR count). The molecule has 0 bridgehead atoms. The van der Waals surface area contributed by atoms with Gasteiger partial charge in [-0.15, -0.1) is 0 Å². The molecular weight excluding hydrogens is 226 g/mol. The average Bonchev–Trinajstić information content (AvgIpc) is 2.72. The standard InChI is InChI=1S/C15H17NO2/c1-4-13-14(9-11(3)17)18-15(16-13)12-7-5-10(2)6-8-12/h5-8H,4,9H2,1-3H3. The summed E-state index contributed by atoms with van der Waals surface area (Å²) in [7, 11) is 0. The lowest BCUT2D eigenvalue weighted by atomic mass is 10.1. The van der Waals surface area contributed by atoms with Crippen molar-refractivity contribution < 1.29 is 9.21 Å². The lowest BCUT2D eigenvalue weighted by Crippen LogP contribution is -1.97. The summed E-state index contributed by atoms with van der Waals surface area (Å²) < 4.78 is 5.71. The Balaban J connectivity index is 2.37. The normalized spacial score (nSPS) is 10.6. The van der Waals surface area contributed by atoms with Crippen LogP contribution in [0.1, 0.15) is 30.9 Å². The highest BCUT2D eigenvalue weighted by Gasteiger charge is 2.14. The number of Topliss-reactive ketones (excluding diaryl/α,β-unsaturated/α-hetero) is 1. The van der Waals surface area contributed by atoms with Crippen LogP contribution in [-0.2, 0) is 17.6 Å². The molecule has 0 aliphatic rings. The fourth-order valence-corrected chi connectivity index (χ4v) is 1.84. The van der Waals surface area contributed by atoms with E-state index in [9.17, 15) is 4.79 Å². The molecule has 1 aromatic carbocycles. The summed E-state index contributed by atoms with van der Waals surface area (Å²) in [6.45, 7) is 5.62. The highest BCUT2D eigenvalue weighted by Crippen LogP contribution is 2.23. The third-order valence-corrected chi connectivity index (χ3v) is 2.82. The second-order valence-electron chi connectivity index (χ2n) is 4.49. The van der Waals surface area contributed by atoms with E-state index in [-0.39, 0.29) is 5.78 Å². The largest absolute Gasteiger partial charge is 0.440 e. The number of carbonyl (C=O) groups excluding carboxylic acids is 1. The third-order valence-electron chi connectivity index (χ3n) is 2.82. The summed E-state index contributed by atoms with van der Waals surface area (Å²) in [6, 6.07) is 8.02. The predicted octanol–water partition coefficient (Wildman–Crippen LogP) is 3.34. The van der Waals surface area contributed by atoms with Crippen molar-refractivity contribution in [1.82, 2.24) is 4.98 Å². The maximum Gasteiger partial charge on any atom is 0.226 e. The summed E-state index contributed by atoms with van der Waals surface area (Å²) in [5.74, 6) is 1.39. The third kappa shape index (κ3) is 2.67. The van der Waals surface area contributed by atoms with Crippen LogP contribution in [0, 0.1) is 6.92 Å². The number of hydrogen-bond donors (Lipinski definition) is 0. The maximum absolute atomic E-state index is 11.2. The Morgan fingerprint density at radius 2 is 1.94 bits per heavy atom. The Hall–Kier alpha value is -1.90. The van der Waals surface area contributed by atoms with Crippen molar-refractivity contribution in [3.05, 3.63) is 41.3 Å². The molecule has 2 aromatic rings. The Labute approximate surface area is 107 Å². The molecule has 0 aliphatic heterocycles. The molecule has 3 nitrogen and oxygen atoms in total. The zero-order chi connectivity index (χ0) is 13.1. The van der Waals surface area contributed by atoms with Gasteiger partial charge in [-0.25, -0.2) is 4.98 Å². The van der Waals surface area contributed by atoms with Crippen molar-refractivity contribution in [3.63, 3.8) is 0 Å². The molecule has 0 radical (unpaired) electrons. The smallest absolute Gasteiger partial charge is 0.226 e. The highest BCUT2D eigenvalue weighted by molar-refractivity contribution is 5.77. The zero-order valence-corrected chi connectivity index (χ0v) is 11.0. The van der Waals surface area contributed by atoms with Crippen LogP contribution in [0.4, 0.5) is 0 Å². The van der Waals surface area contributed by atoms with Crippen molar-refractivity contribution in [3.8, 4) is 11.5 Å². The van der Waals surface area contributed by atoms with E-state index in [4.69, 9.17) is 4.42 Å². The van der Waals surface area contributed by atoms with Gasteiger partial charge in [-0.2, -0.15) is 0 Å². The Morgan fingerprint density at radius 3 is 2.50 bits per heavy atom. The molecule has 0 aliphatic carbocycles. The first kappa shape index (κ1) is 12.6. The van der Waals surface area contributed by atoms with Gasteiger partial charge < -0.3 is 4.42 Å². The van der Waals surface area contributed by atoms with Crippen molar-refractivity contribution in [2.45, 2.75) is 33.6 Å². The summed E-state index contributed by atoms with van der Waals surface area (Å²) in [5.41, 5.74) is 3.02. The number of oxazole rings is 1. The predicted molar refractivity (Wildman–Crippen MR) is 70.4 cm³/mol. The summed E-state index contributed by atoms with van der Waals surface area (Å²) in [5, 5.41) is 0. The summed E-state index contributed by atoms with van der Waals surface area (Å²) in [4.78, 5) is 15.6. The van der Waals surface area contributed by atoms with Crippen LogP contribution in [0.5, 0.6) is 0 Å². The zero-order valence-electron chi connectivity index (χ0n) is 11.0. The van der Waals surface area contributed by atoms with Crippen LogP contribution in [0.15, 0.2) is 28.7 Å². The van der Waals surface area contributed by atoms with Gasteiger partial charge in [0.1, 0.15) is 11.5 Å². The molecule has 0 unspecified atom stereocenters. The minimum absolute atomic E-state index is 0.0938. The van der Waals surface area contributed by atoms with E-state index < -0.39 is 0 Å². The molecule has 0 amide bonds. The quantitative estimate of drug-likeness (QED) is 0.827. The number of benzene rings is 1. The van der Waals surface area contributed by atoms with Gasteiger partial charge in [0.15, 0.2) is 0 Å². The molecule has 0 spiro atoms. The minimum Gasteiger partial charge on any atom is -0.440 e. The van der Waals surface area contributed by atoms with Crippen molar-refractivity contribution >= 4 is 5.78 Å². The van der Waals surface area contributed by atoms with Gasteiger partial charge in [0, 0.05) is 5.56 Å². The monoisotopic (exact) mass is 243 g/mol.